The molecule has 0 radical (unpaired) electrons. The van der Waals surface area contributed by atoms with Crippen molar-refractivity contribution in [3.8, 4) is 0 Å². The van der Waals surface area contributed by atoms with Crippen molar-refractivity contribution >= 4 is 45.5 Å². The van der Waals surface area contributed by atoms with Crippen LogP contribution in [0.5, 0.6) is 0 Å². The molecule has 3 aromatic carbocycles. The van der Waals surface area contributed by atoms with Gasteiger partial charge in [-0.1, -0.05) is 6.07 Å². The fourth-order valence-corrected chi connectivity index (χ4v) is 2.61. The number of azo groups is 2. The van der Waals surface area contributed by atoms with Gasteiger partial charge in [0.25, 0.3) is 0 Å². The molecule has 0 amide bonds. The van der Waals surface area contributed by atoms with Crippen LogP contribution in [0.2, 0.25) is 0 Å². The van der Waals surface area contributed by atoms with Crippen LogP contribution in [0.15, 0.2) is 62.9 Å². The maximum atomic E-state index is 5.98. The summed E-state index contributed by atoms with van der Waals surface area (Å²) in [5.74, 6) is 0. The Hall–Kier alpha value is -3.94. The number of benzene rings is 3. The number of hydrogen-bond donors (Lipinski definition) is 4. The van der Waals surface area contributed by atoms with Gasteiger partial charge in [-0.25, -0.2) is 0 Å². The van der Waals surface area contributed by atoms with Crippen molar-refractivity contribution < 1.29 is 0 Å². The van der Waals surface area contributed by atoms with Crippen LogP contribution in [-0.4, -0.2) is 0 Å². The average Bonchev–Trinajstić information content (AvgIpc) is 2.67. The van der Waals surface area contributed by atoms with Gasteiger partial charge in [-0.15, -0.1) is 10.2 Å². The van der Waals surface area contributed by atoms with Crippen molar-refractivity contribution in [2.45, 2.75) is 20.8 Å². The van der Waals surface area contributed by atoms with E-state index in [0.717, 1.165) is 16.7 Å². The molecule has 0 aliphatic heterocycles. The first kappa shape index (κ1) is 19.8. The molecule has 3 rings (SSSR count). The van der Waals surface area contributed by atoms with Crippen LogP contribution in [0.1, 0.15) is 16.7 Å². The predicted molar refractivity (Wildman–Crippen MR) is 120 cm³/mol. The fraction of sp³-hybridized carbons (Fsp3) is 0.143. The highest BCUT2D eigenvalue weighted by Gasteiger charge is 2.05. The lowest BCUT2D eigenvalue weighted by molar-refractivity contribution is 1.18. The third kappa shape index (κ3) is 4.49. The first-order valence-corrected chi connectivity index (χ1v) is 9.00. The predicted octanol–water partition coefficient (Wildman–Crippen LogP) is 5.77. The monoisotopic (exact) mass is 388 g/mol. The van der Waals surface area contributed by atoms with E-state index in [4.69, 9.17) is 22.9 Å². The van der Waals surface area contributed by atoms with Crippen molar-refractivity contribution in [1.29, 1.82) is 0 Å². The largest absolute Gasteiger partial charge is 0.398 e. The van der Waals surface area contributed by atoms with Crippen LogP contribution in [0, 0.1) is 20.8 Å². The molecule has 8 heteroatoms. The molecule has 0 aromatic heterocycles. The van der Waals surface area contributed by atoms with Crippen molar-refractivity contribution in [2.75, 3.05) is 22.9 Å². The molecule has 8 nitrogen and oxygen atoms in total. The SMILES string of the molecule is Cc1cc(/N=N/c2ccc(C)c(/N=N/c3cc(C)c(N)cc3N)c2)c(N)cc1N. The lowest BCUT2D eigenvalue weighted by Crippen LogP contribution is -1.93. The van der Waals surface area contributed by atoms with Crippen molar-refractivity contribution in [3.63, 3.8) is 0 Å². The van der Waals surface area contributed by atoms with Gasteiger partial charge in [-0.05, 0) is 73.9 Å². The van der Waals surface area contributed by atoms with Crippen molar-refractivity contribution in [3.05, 3.63) is 59.2 Å². The van der Waals surface area contributed by atoms with Gasteiger partial charge in [0, 0.05) is 11.4 Å². The second-order valence-electron chi connectivity index (χ2n) is 6.91. The Morgan fingerprint density at radius 2 is 0.966 bits per heavy atom. The van der Waals surface area contributed by atoms with E-state index in [2.05, 4.69) is 20.5 Å². The average molecular weight is 388 g/mol. The van der Waals surface area contributed by atoms with Gasteiger partial charge in [0.1, 0.15) is 11.4 Å². The number of anilines is 4. The van der Waals surface area contributed by atoms with Gasteiger partial charge in [-0.2, -0.15) is 10.2 Å². The Morgan fingerprint density at radius 1 is 0.483 bits per heavy atom. The lowest BCUT2D eigenvalue weighted by Gasteiger charge is -2.05. The summed E-state index contributed by atoms with van der Waals surface area (Å²) < 4.78 is 0. The van der Waals surface area contributed by atoms with Crippen LogP contribution in [-0.2, 0) is 0 Å². The van der Waals surface area contributed by atoms with E-state index in [1.54, 1.807) is 30.3 Å². The summed E-state index contributed by atoms with van der Waals surface area (Å²) in [4.78, 5) is 0. The van der Waals surface area contributed by atoms with Crippen molar-refractivity contribution in [2.24, 2.45) is 20.5 Å². The number of aryl methyl sites for hydroxylation is 3. The second kappa shape index (κ2) is 7.97. The van der Waals surface area contributed by atoms with Gasteiger partial charge in [0.2, 0.25) is 0 Å². The van der Waals surface area contributed by atoms with E-state index in [1.165, 1.54) is 0 Å². The van der Waals surface area contributed by atoms with E-state index in [1.807, 2.05) is 32.9 Å². The quantitative estimate of drug-likeness (QED) is 0.331. The van der Waals surface area contributed by atoms with E-state index in [9.17, 15) is 0 Å². The van der Waals surface area contributed by atoms with Crippen LogP contribution < -0.4 is 22.9 Å². The van der Waals surface area contributed by atoms with Gasteiger partial charge < -0.3 is 22.9 Å². The Balaban J connectivity index is 1.89. The minimum atomic E-state index is 0.470. The molecule has 0 unspecified atom stereocenters. The molecule has 0 bridgehead atoms. The summed E-state index contributed by atoms with van der Waals surface area (Å²) in [6.07, 6.45) is 0. The van der Waals surface area contributed by atoms with E-state index < -0.39 is 0 Å². The molecule has 8 N–H and O–H groups in total. The van der Waals surface area contributed by atoms with Gasteiger partial charge >= 0.3 is 0 Å². The summed E-state index contributed by atoms with van der Waals surface area (Å²) >= 11 is 0. The van der Waals surface area contributed by atoms with Gasteiger partial charge in [0.15, 0.2) is 0 Å². The maximum absolute atomic E-state index is 5.98. The molecule has 0 spiro atoms. The second-order valence-corrected chi connectivity index (χ2v) is 6.91. The molecule has 0 heterocycles. The molecule has 0 aliphatic rings. The van der Waals surface area contributed by atoms with Gasteiger partial charge in [-0.3, -0.25) is 0 Å². The van der Waals surface area contributed by atoms with Crippen molar-refractivity contribution in [1.82, 2.24) is 0 Å². The molecule has 0 atom stereocenters. The Kier molecular flexibility index (Phi) is 5.45. The molecule has 3 aromatic rings. The van der Waals surface area contributed by atoms with Crippen LogP contribution in [0.3, 0.4) is 0 Å². The zero-order valence-corrected chi connectivity index (χ0v) is 16.6. The molecular weight excluding hydrogens is 364 g/mol. The smallest absolute Gasteiger partial charge is 0.109 e. The zero-order valence-electron chi connectivity index (χ0n) is 16.6. The molecular formula is C21H24N8. The van der Waals surface area contributed by atoms with Crippen LogP contribution in [0.25, 0.3) is 0 Å². The standard InChI is InChI=1S/C21H24N8/c1-11-4-5-14(26-28-20-6-12(2)15(22)9-17(20)24)8-19(11)27-29-21-7-13(3)16(23)10-18(21)25/h4-10H,22-25H2,1-3H3/b28-26+,29-27+. The number of nitrogen functional groups attached to an aromatic ring is 4. The van der Waals surface area contributed by atoms with E-state index in [0.29, 0.717) is 45.5 Å². The highest BCUT2D eigenvalue weighted by atomic mass is 15.1. The number of rotatable bonds is 4. The number of hydrogen-bond acceptors (Lipinski definition) is 8. The molecule has 29 heavy (non-hydrogen) atoms. The molecule has 0 fully saturated rings. The minimum Gasteiger partial charge on any atom is -0.398 e. The molecule has 0 saturated carbocycles. The third-order valence-electron chi connectivity index (χ3n) is 4.56. The maximum Gasteiger partial charge on any atom is 0.109 e. The number of nitrogens with zero attached hydrogens (tertiary/aromatic N) is 4. The normalized spacial score (nSPS) is 11.6. The Labute approximate surface area is 169 Å². The number of nitrogens with two attached hydrogens (primary N) is 4. The Bertz CT molecular complexity index is 1130. The van der Waals surface area contributed by atoms with Crippen LogP contribution >= 0.6 is 0 Å². The first-order valence-electron chi connectivity index (χ1n) is 9.00. The highest BCUT2D eigenvalue weighted by molar-refractivity contribution is 5.71. The highest BCUT2D eigenvalue weighted by Crippen LogP contribution is 2.33. The molecule has 0 saturated heterocycles. The summed E-state index contributed by atoms with van der Waals surface area (Å²) in [5.41, 5.74) is 31.0. The Morgan fingerprint density at radius 3 is 1.52 bits per heavy atom. The summed E-state index contributed by atoms with van der Waals surface area (Å²) in [6, 6.07) is 12.5. The summed E-state index contributed by atoms with van der Waals surface area (Å²) in [6.45, 7) is 5.72. The molecule has 148 valence electrons. The van der Waals surface area contributed by atoms with E-state index in [-0.39, 0.29) is 0 Å². The minimum absolute atomic E-state index is 0.470. The van der Waals surface area contributed by atoms with Gasteiger partial charge in [0.05, 0.1) is 22.7 Å². The summed E-state index contributed by atoms with van der Waals surface area (Å²) in [5, 5.41) is 17.1. The van der Waals surface area contributed by atoms with E-state index >= 15 is 0 Å². The summed E-state index contributed by atoms with van der Waals surface area (Å²) in [7, 11) is 0. The topological polar surface area (TPSA) is 154 Å². The first-order chi connectivity index (χ1) is 13.7. The third-order valence-corrected chi connectivity index (χ3v) is 4.56. The zero-order chi connectivity index (χ0) is 21.1. The fourth-order valence-electron chi connectivity index (χ4n) is 2.61. The van der Waals surface area contributed by atoms with Crippen LogP contribution in [0.4, 0.5) is 45.5 Å². The molecule has 0 aliphatic carbocycles. The lowest BCUT2D eigenvalue weighted by atomic mass is 10.1.